The standard InChI is InChI=1S/C9H7NO2.C4H4N2/c11-9(12)8-5-6-3-1-2-4-7(6)10-8;1-2-5-4-6-3-1/h1-5,10H,(H,11,12);1-4H. The molecule has 0 saturated heterocycles. The molecule has 0 atom stereocenters. The van der Waals surface area contributed by atoms with E-state index in [0.717, 1.165) is 10.9 Å². The molecule has 2 heterocycles. The van der Waals surface area contributed by atoms with Crippen molar-refractivity contribution in [2.45, 2.75) is 0 Å². The van der Waals surface area contributed by atoms with Crippen LogP contribution in [0.1, 0.15) is 10.5 Å². The van der Waals surface area contributed by atoms with E-state index in [2.05, 4.69) is 15.0 Å². The van der Waals surface area contributed by atoms with Crippen molar-refractivity contribution in [3.8, 4) is 0 Å². The van der Waals surface area contributed by atoms with Gasteiger partial charge in [0.15, 0.2) is 0 Å². The number of rotatable bonds is 1. The lowest BCUT2D eigenvalue weighted by Crippen LogP contribution is -1.94. The molecule has 0 radical (unpaired) electrons. The first kappa shape index (κ1) is 11.8. The van der Waals surface area contributed by atoms with Gasteiger partial charge in [-0.2, -0.15) is 0 Å². The molecule has 5 heteroatoms. The maximum atomic E-state index is 10.5. The number of hydrogen-bond acceptors (Lipinski definition) is 3. The monoisotopic (exact) mass is 241 g/mol. The van der Waals surface area contributed by atoms with Gasteiger partial charge in [0, 0.05) is 23.3 Å². The topological polar surface area (TPSA) is 78.9 Å². The van der Waals surface area contributed by atoms with Crippen LogP contribution in [0.2, 0.25) is 0 Å². The van der Waals surface area contributed by atoms with Crippen LogP contribution in [0, 0.1) is 0 Å². The number of hydrogen-bond donors (Lipinski definition) is 2. The van der Waals surface area contributed by atoms with E-state index in [1.165, 1.54) is 6.33 Å². The molecule has 0 amide bonds. The maximum absolute atomic E-state index is 10.5. The third-order valence-corrected chi connectivity index (χ3v) is 2.24. The molecule has 3 aromatic rings. The van der Waals surface area contributed by atoms with Crippen LogP contribution in [0.3, 0.4) is 0 Å². The number of aromatic amines is 1. The molecule has 2 N–H and O–H groups in total. The molecule has 18 heavy (non-hydrogen) atoms. The summed E-state index contributed by atoms with van der Waals surface area (Å²) >= 11 is 0. The average molecular weight is 241 g/mol. The van der Waals surface area contributed by atoms with Gasteiger partial charge in [-0.1, -0.05) is 18.2 Å². The fourth-order valence-electron chi connectivity index (χ4n) is 1.44. The van der Waals surface area contributed by atoms with Crippen LogP contribution in [-0.4, -0.2) is 26.0 Å². The number of benzene rings is 1. The lowest BCUT2D eigenvalue weighted by atomic mass is 10.2. The minimum absolute atomic E-state index is 0.233. The van der Waals surface area contributed by atoms with E-state index in [1.54, 1.807) is 24.5 Å². The second-order valence-corrected chi connectivity index (χ2v) is 3.48. The molecule has 0 aliphatic carbocycles. The summed E-state index contributed by atoms with van der Waals surface area (Å²) in [5, 5.41) is 9.58. The molecule has 3 rings (SSSR count). The molecule has 1 aromatic carbocycles. The van der Waals surface area contributed by atoms with Crippen molar-refractivity contribution in [2.24, 2.45) is 0 Å². The van der Waals surface area contributed by atoms with Crippen molar-refractivity contribution in [3.63, 3.8) is 0 Å². The second-order valence-electron chi connectivity index (χ2n) is 3.48. The Morgan fingerprint density at radius 1 is 1.11 bits per heavy atom. The van der Waals surface area contributed by atoms with Gasteiger partial charge in [-0.15, -0.1) is 0 Å². The molecule has 0 aliphatic heterocycles. The van der Waals surface area contributed by atoms with Gasteiger partial charge in [0.2, 0.25) is 0 Å². The van der Waals surface area contributed by atoms with Gasteiger partial charge in [-0.05, 0) is 18.2 Å². The van der Waals surface area contributed by atoms with Crippen molar-refractivity contribution in [1.29, 1.82) is 0 Å². The lowest BCUT2D eigenvalue weighted by Gasteiger charge is -1.84. The fraction of sp³-hybridized carbons (Fsp3) is 0. The molecular weight excluding hydrogens is 230 g/mol. The number of aromatic nitrogens is 3. The maximum Gasteiger partial charge on any atom is 0.352 e. The number of aromatic carboxylic acids is 1. The zero-order valence-electron chi connectivity index (χ0n) is 9.45. The van der Waals surface area contributed by atoms with Gasteiger partial charge in [-0.25, -0.2) is 14.8 Å². The molecule has 0 saturated carbocycles. The number of carbonyl (C=O) groups is 1. The molecule has 0 aliphatic rings. The highest BCUT2D eigenvalue weighted by Crippen LogP contribution is 2.13. The van der Waals surface area contributed by atoms with Crippen molar-refractivity contribution >= 4 is 16.9 Å². The Morgan fingerprint density at radius 2 is 1.83 bits per heavy atom. The highest BCUT2D eigenvalue weighted by molar-refractivity contribution is 5.93. The molecule has 0 bridgehead atoms. The zero-order valence-corrected chi connectivity index (χ0v) is 9.45. The molecule has 0 fully saturated rings. The van der Waals surface area contributed by atoms with Gasteiger partial charge in [0.05, 0.1) is 0 Å². The van der Waals surface area contributed by atoms with E-state index in [-0.39, 0.29) is 5.69 Å². The summed E-state index contributed by atoms with van der Waals surface area (Å²) in [5.41, 5.74) is 1.09. The number of H-pyrrole nitrogens is 1. The van der Waals surface area contributed by atoms with Crippen molar-refractivity contribution in [2.75, 3.05) is 0 Å². The SMILES string of the molecule is O=C(O)c1cc2ccccc2[nH]1.c1cncnc1. The Bertz CT molecular complexity index is 575. The summed E-state index contributed by atoms with van der Waals surface area (Å²) < 4.78 is 0. The Labute approximate surface area is 103 Å². The first-order valence-electron chi connectivity index (χ1n) is 5.28. The Balaban J connectivity index is 0.000000169. The Hall–Kier alpha value is -2.69. The highest BCUT2D eigenvalue weighted by atomic mass is 16.4. The van der Waals surface area contributed by atoms with Crippen molar-refractivity contribution in [3.05, 3.63) is 60.8 Å². The predicted octanol–water partition coefficient (Wildman–Crippen LogP) is 2.34. The molecule has 90 valence electrons. The van der Waals surface area contributed by atoms with Gasteiger partial charge >= 0.3 is 5.97 Å². The van der Waals surface area contributed by atoms with Crippen LogP contribution in [0.25, 0.3) is 10.9 Å². The van der Waals surface area contributed by atoms with Gasteiger partial charge in [0.1, 0.15) is 12.0 Å². The largest absolute Gasteiger partial charge is 0.477 e. The highest BCUT2D eigenvalue weighted by Gasteiger charge is 2.05. The molecule has 0 spiro atoms. The summed E-state index contributed by atoms with van der Waals surface area (Å²) in [6.45, 7) is 0. The Kier molecular flexibility index (Phi) is 3.66. The minimum atomic E-state index is -0.925. The van der Waals surface area contributed by atoms with E-state index in [0.29, 0.717) is 0 Å². The quantitative estimate of drug-likeness (QED) is 0.685. The number of para-hydroxylation sites is 1. The molecule has 0 unspecified atom stereocenters. The molecule has 5 nitrogen and oxygen atoms in total. The van der Waals surface area contributed by atoms with Gasteiger partial charge in [-0.3, -0.25) is 0 Å². The molecule has 2 aromatic heterocycles. The zero-order chi connectivity index (χ0) is 12.8. The van der Waals surface area contributed by atoms with E-state index in [4.69, 9.17) is 5.11 Å². The number of carboxylic acids is 1. The van der Waals surface area contributed by atoms with E-state index < -0.39 is 5.97 Å². The minimum Gasteiger partial charge on any atom is -0.477 e. The molecular formula is C13H11N3O2. The Morgan fingerprint density at radius 3 is 2.33 bits per heavy atom. The fourth-order valence-corrected chi connectivity index (χ4v) is 1.44. The summed E-state index contributed by atoms with van der Waals surface area (Å²) in [6.07, 6.45) is 4.88. The summed E-state index contributed by atoms with van der Waals surface area (Å²) in [6, 6.07) is 10.9. The third-order valence-electron chi connectivity index (χ3n) is 2.24. The normalized spacial score (nSPS) is 9.56. The third kappa shape index (κ3) is 2.91. The van der Waals surface area contributed by atoms with Crippen LogP contribution in [-0.2, 0) is 0 Å². The van der Waals surface area contributed by atoms with E-state index in [9.17, 15) is 4.79 Å². The van der Waals surface area contributed by atoms with E-state index >= 15 is 0 Å². The van der Waals surface area contributed by atoms with E-state index in [1.807, 2.05) is 24.3 Å². The smallest absolute Gasteiger partial charge is 0.352 e. The summed E-state index contributed by atoms with van der Waals surface area (Å²) in [4.78, 5) is 20.7. The number of fused-ring (bicyclic) bond motifs is 1. The number of nitrogens with one attached hydrogen (secondary N) is 1. The average Bonchev–Trinajstić information content (AvgIpc) is 2.85. The summed E-state index contributed by atoms with van der Waals surface area (Å²) in [5.74, 6) is -0.925. The van der Waals surface area contributed by atoms with Gasteiger partial charge < -0.3 is 10.1 Å². The second kappa shape index (κ2) is 5.58. The summed E-state index contributed by atoms with van der Waals surface area (Å²) in [7, 11) is 0. The first-order chi connectivity index (χ1) is 8.77. The van der Waals surface area contributed by atoms with Crippen LogP contribution in [0.5, 0.6) is 0 Å². The number of nitrogens with zero attached hydrogens (tertiary/aromatic N) is 2. The van der Waals surface area contributed by atoms with Crippen molar-refractivity contribution in [1.82, 2.24) is 15.0 Å². The first-order valence-corrected chi connectivity index (χ1v) is 5.28. The number of carboxylic acid groups (broad SMARTS) is 1. The van der Waals surface area contributed by atoms with Crippen LogP contribution in [0.15, 0.2) is 55.1 Å². The predicted molar refractivity (Wildman–Crippen MR) is 67.3 cm³/mol. The van der Waals surface area contributed by atoms with Crippen molar-refractivity contribution < 1.29 is 9.90 Å². The van der Waals surface area contributed by atoms with Crippen LogP contribution >= 0.6 is 0 Å². The van der Waals surface area contributed by atoms with Crippen LogP contribution in [0.4, 0.5) is 0 Å². The lowest BCUT2D eigenvalue weighted by molar-refractivity contribution is 0.0691. The van der Waals surface area contributed by atoms with Gasteiger partial charge in [0.25, 0.3) is 0 Å². The van der Waals surface area contributed by atoms with Crippen LogP contribution < -0.4 is 0 Å².